The molecule has 1 fully saturated rings. The van der Waals surface area contributed by atoms with Gasteiger partial charge in [0.2, 0.25) is 0 Å². The molecule has 0 amide bonds. The SMILES string of the molecule is O=C(O)Cc1ccc(C[C@@H]2CCCCC2=O)cc1. The molecule has 1 aliphatic carbocycles. The Labute approximate surface area is 107 Å². The maximum Gasteiger partial charge on any atom is 0.307 e. The van der Waals surface area contributed by atoms with Gasteiger partial charge in [0.05, 0.1) is 6.42 Å². The van der Waals surface area contributed by atoms with E-state index in [1.54, 1.807) is 0 Å². The number of Topliss-reactive ketones (excluding diaryl/α,β-unsaturated/α-hetero) is 1. The molecule has 1 saturated carbocycles. The van der Waals surface area contributed by atoms with Crippen molar-refractivity contribution in [3.05, 3.63) is 35.4 Å². The molecule has 1 aromatic rings. The predicted octanol–water partition coefficient (Wildman–Crippen LogP) is 2.62. The quantitative estimate of drug-likeness (QED) is 0.888. The molecule has 0 bridgehead atoms. The first kappa shape index (κ1) is 12.8. The van der Waals surface area contributed by atoms with E-state index in [9.17, 15) is 9.59 Å². The number of ketones is 1. The minimum Gasteiger partial charge on any atom is -0.481 e. The van der Waals surface area contributed by atoms with Crippen molar-refractivity contribution in [1.29, 1.82) is 0 Å². The number of rotatable bonds is 4. The number of carboxylic acids is 1. The largest absolute Gasteiger partial charge is 0.481 e. The monoisotopic (exact) mass is 246 g/mol. The van der Waals surface area contributed by atoms with Gasteiger partial charge in [-0.15, -0.1) is 0 Å². The summed E-state index contributed by atoms with van der Waals surface area (Å²) in [5.41, 5.74) is 1.94. The van der Waals surface area contributed by atoms with Crippen molar-refractivity contribution in [2.24, 2.45) is 5.92 Å². The lowest BCUT2D eigenvalue weighted by molar-refractivity contribution is -0.136. The molecule has 0 spiro atoms. The van der Waals surface area contributed by atoms with E-state index in [1.807, 2.05) is 24.3 Å². The maximum absolute atomic E-state index is 11.7. The van der Waals surface area contributed by atoms with Gasteiger partial charge in [0.25, 0.3) is 0 Å². The summed E-state index contributed by atoms with van der Waals surface area (Å²) >= 11 is 0. The summed E-state index contributed by atoms with van der Waals surface area (Å²) in [6.07, 6.45) is 4.76. The lowest BCUT2D eigenvalue weighted by Gasteiger charge is -2.20. The molecule has 3 heteroatoms. The molecule has 1 N–H and O–H groups in total. The Morgan fingerprint density at radius 2 is 1.83 bits per heavy atom. The summed E-state index contributed by atoms with van der Waals surface area (Å²) in [5, 5.41) is 8.69. The Balaban J connectivity index is 1.97. The summed E-state index contributed by atoms with van der Waals surface area (Å²) in [7, 11) is 0. The Morgan fingerprint density at radius 3 is 2.44 bits per heavy atom. The highest BCUT2D eigenvalue weighted by molar-refractivity contribution is 5.81. The molecule has 1 atom stereocenters. The number of carbonyl (C=O) groups is 2. The van der Waals surface area contributed by atoms with Crippen LogP contribution in [0, 0.1) is 5.92 Å². The normalized spacial score (nSPS) is 19.8. The Morgan fingerprint density at radius 1 is 1.17 bits per heavy atom. The zero-order valence-corrected chi connectivity index (χ0v) is 10.4. The molecule has 3 nitrogen and oxygen atoms in total. The number of carboxylic acid groups (broad SMARTS) is 1. The van der Waals surface area contributed by atoms with Gasteiger partial charge in [0.1, 0.15) is 5.78 Å². The lowest BCUT2D eigenvalue weighted by atomic mass is 9.83. The van der Waals surface area contributed by atoms with Gasteiger partial charge in [-0.3, -0.25) is 9.59 Å². The summed E-state index contributed by atoms with van der Waals surface area (Å²) in [5.74, 6) is -0.259. The van der Waals surface area contributed by atoms with Gasteiger partial charge in [-0.2, -0.15) is 0 Å². The zero-order chi connectivity index (χ0) is 13.0. The van der Waals surface area contributed by atoms with Crippen molar-refractivity contribution in [3.8, 4) is 0 Å². The van der Waals surface area contributed by atoms with Crippen LogP contribution in [0.2, 0.25) is 0 Å². The van der Waals surface area contributed by atoms with Crippen LogP contribution in [0.25, 0.3) is 0 Å². The Hall–Kier alpha value is -1.64. The van der Waals surface area contributed by atoms with Gasteiger partial charge < -0.3 is 5.11 Å². The molecule has 96 valence electrons. The average Bonchev–Trinajstić information content (AvgIpc) is 2.34. The second-order valence-corrected chi connectivity index (χ2v) is 5.00. The molecule has 1 aromatic carbocycles. The van der Waals surface area contributed by atoms with Crippen LogP contribution in [0.1, 0.15) is 36.8 Å². The summed E-state index contributed by atoms with van der Waals surface area (Å²) in [6, 6.07) is 7.58. The molecule has 1 aliphatic rings. The van der Waals surface area contributed by atoms with Gasteiger partial charge in [-0.05, 0) is 30.4 Å². The third-order valence-corrected chi connectivity index (χ3v) is 3.54. The second-order valence-electron chi connectivity index (χ2n) is 5.00. The molecule has 0 aliphatic heterocycles. The van der Waals surface area contributed by atoms with Crippen molar-refractivity contribution in [2.75, 3.05) is 0 Å². The Bertz CT molecular complexity index is 434. The van der Waals surface area contributed by atoms with Crippen LogP contribution in [-0.2, 0) is 22.4 Å². The van der Waals surface area contributed by atoms with Crippen molar-refractivity contribution in [2.45, 2.75) is 38.5 Å². The van der Waals surface area contributed by atoms with E-state index in [2.05, 4.69) is 0 Å². The minimum absolute atomic E-state index is 0.0582. The van der Waals surface area contributed by atoms with Gasteiger partial charge in [-0.1, -0.05) is 30.7 Å². The van der Waals surface area contributed by atoms with Crippen LogP contribution < -0.4 is 0 Å². The molecule has 0 unspecified atom stereocenters. The smallest absolute Gasteiger partial charge is 0.307 e. The fourth-order valence-electron chi connectivity index (χ4n) is 2.52. The van der Waals surface area contributed by atoms with Crippen LogP contribution in [0.5, 0.6) is 0 Å². The third kappa shape index (κ3) is 3.42. The van der Waals surface area contributed by atoms with Crippen LogP contribution in [0.4, 0.5) is 0 Å². The number of hydrogen-bond donors (Lipinski definition) is 1. The second kappa shape index (κ2) is 5.80. The number of carbonyl (C=O) groups excluding carboxylic acids is 1. The van der Waals surface area contributed by atoms with Crippen LogP contribution in [0.15, 0.2) is 24.3 Å². The van der Waals surface area contributed by atoms with E-state index in [0.717, 1.165) is 43.2 Å². The van der Waals surface area contributed by atoms with Gasteiger partial charge in [-0.25, -0.2) is 0 Å². The van der Waals surface area contributed by atoms with E-state index in [-0.39, 0.29) is 12.3 Å². The van der Waals surface area contributed by atoms with E-state index in [4.69, 9.17) is 5.11 Å². The summed E-state index contributed by atoms with van der Waals surface area (Å²) < 4.78 is 0. The third-order valence-electron chi connectivity index (χ3n) is 3.54. The van der Waals surface area contributed by atoms with Crippen molar-refractivity contribution >= 4 is 11.8 Å². The van der Waals surface area contributed by atoms with Gasteiger partial charge in [0.15, 0.2) is 0 Å². The first-order valence-corrected chi connectivity index (χ1v) is 6.47. The maximum atomic E-state index is 11.7. The minimum atomic E-state index is -0.815. The molecule has 0 saturated heterocycles. The van der Waals surface area contributed by atoms with Gasteiger partial charge >= 0.3 is 5.97 Å². The molecule has 0 aromatic heterocycles. The first-order valence-electron chi connectivity index (χ1n) is 6.47. The van der Waals surface area contributed by atoms with E-state index < -0.39 is 5.97 Å². The molecular weight excluding hydrogens is 228 g/mol. The first-order chi connectivity index (χ1) is 8.65. The molecule has 18 heavy (non-hydrogen) atoms. The zero-order valence-electron chi connectivity index (χ0n) is 10.4. The van der Waals surface area contributed by atoms with Crippen molar-refractivity contribution in [1.82, 2.24) is 0 Å². The highest BCUT2D eigenvalue weighted by atomic mass is 16.4. The fourth-order valence-corrected chi connectivity index (χ4v) is 2.52. The van der Waals surface area contributed by atoms with Crippen LogP contribution >= 0.6 is 0 Å². The van der Waals surface area contributed by atoms with Crippen LogP contribution in [-0.4, -0.2) is 16.9 Å². The van der Waals surface area contributed by atoms with E-state index >= 15 is 0 Å². The summed E-state index contributed by atoms with van der Waals surface area (Å²) in [6.45, 7) is 0. The van der Waals surface area contributed by atoms with E-state index in [0.29, 0.717) is 5.78 Å². The highest BCUT2D eigenvalue weighted by Crippen LogP contribution is 2.24. The average molecular weight is 246 g/mol. The van der Waals surface area contributed by atoms with Gasteiger partial charge in [0, 0.05) is 12.3 Å². The highest BCUT2D eigenvalue weighted by Gasteiger charge is 2.22. The standard InChI is InChI=1S/C15H18O3/c16-14-4-2-1-3-13(14)9-11-5-7-12(8-6-11)10-15(17)18/h5-8,13H,1-4,9-10H2,(H,17,18)/t13-/m0/s1. The molecule has 2 rings (SSSR count). The molecule has 0 radical (unpaired) electrons. The fraction of sp³-hybridized carbons (Fsp3) is 0.467. The van der Waals surface area contributed by atoms with E-state index in [1.165, 1.54) is 0 Å². The summed E-state index contributed by atoms with van der Waals surface area (Å²) in [4.78, 5) is 22.3. The number of benzene rings is 1. The van der Waals surface area contributed by atoms with Crippen molar-refractivity contribution in [3.63, 3.8) is 0 Å². The topological polar surface area (TPSA) is 54.4 Å². The Kier molecular flexibility index (Phi) is 4.13. The lowest BCUT2D eigenvalue weighted by Crippen LogP contribution is -2.21. The van der Waals surface area contributed by atoms with Crippen molar-refractivity contribution < 1.29 is 14.7 Å². The number of hydrogen-bond acceptors (Lipinski definition) is 2. The molecular formula is C15H18O3. The predicted molar refractivity (Wildman–Crippen MR) is 68.5 cm³/mol. The van der Waals surface area contributed by atoms with Crippen LogP contribution in [0.3, 0.4) is 0 Å². The number of aliphatic carboxylic acids is 1. The molecule has 0 heterocycles.